The number of aromatic nitrogens is 2. The normalized spacial score (nSPS) is 16.2. The first-order chi connectivity index (χ1) is 12.6. The molecule has 1 atom stereocenters. The van der Waals surface area contributed by atoms with Crippen LogP contribution in [-0.2, 0) is 4.79 Å². The number of ether oxygens (including phenoxy) is 1. The zero-order chi connectivity index (χ0) is 18.5. The lowest BCUT2D eigenvalue weighted by atomic mass is 9.95. The molecule has 26 heavy (non-hydrogen) atoms. The van der Waals surface area contributed by atoms with Crippen molar-refractivity contribution in [2.75, 3.05) is 20.2 Å². The van der Waals surface area contributed by atoms with Gasteiger partial charge in [-0.15, -0.1) is 0 Å². The molecule has 3 rings (SSSR count). The molecule has 6 nitrogen and oxygen atoms in total. The third-order valence-electron chi connectivity index (χ3n) is 4.71. The minimum atomic E-state index is -1.13. The Morgan fingerprint density at radius 1 is 1.35 bits per heavy atom. The lowest BCUT2D eigenvalue weighted by molar-refractivity contribution is -0.138. The summed E-state index contributed by atoms with van der Waals surface area (Å²) in [6, 6.07) is 9.64. The van der Waals surface area contributed by atoms with Gasteiger partial charge in [0, 0.05) is 30.8 Å². The van der Waals surface area contributed by atoms with Crippen molar-refractivity contribution in [1.29, 1.82) is 0 Å². The van der Waals surface area contributed by atoms with Gasteiger partial charge in [-0.05, 0) is 31.0 Å². The van der Waals surface area contributed by atoms with Gasteiger partial charge in [0.05, 0.1) is 12.8 Å². The molecule has 1 aliphatic rings. The maximum Gasteiger partial charge on any atom is 0.255 e. The maximum absolute atomic E-state index is 12.0. The molecular formula is C20H23N3O3. The Balaban J connectivity index is 1.74. The number of nitrogens with zero attached hydrogens (tertiary/aromatic N) is 3. The molecule has 1 unspecified atom stereocenters. The van der Waals surface area contributed by atoms with Crippen LogP contribution in [0.3, 0.4) is 0 Å². The van der Waals surface area contributed by atoms with Crippen LogP contribution >= 0.6 is 0 Å². The van der Waals surface area contributed by atoms with Crippen molar-refractivity contribution in [3.63, 3.8) is 0 Å². The average Bonchev–Trinajstić information content (AvgIpc) is 2.72. The van der Waals surface area contributed by atoms with Gasteiger partial charge in [0.2, 0.25) is 0 Å². The molecule has 0 saturated carbocycles. The summed E-state index contributed by atoms with van der Waals surface area (Å²) in [4.78, 5) is 22.9. The van der Waals surface area contributed by atoms with Gasteiger partial charge in [-0.3, -0.25) is 4.79 Å². The minimum absolute atomic E-state index is 0.189. The summed E-state index contributed by atoms with van der Waals surface area (Å²) in [5, 5.41) is 9.63. The van der Waals surface area contributed by atoms with Gasteiger partial charge >= 0.3 is 0 Å². The summed E-state index contributed by atoms with van der Waals surface area (Å²) < 4.78 is 5.42. The van der Waals surface area contributed by atoms with Crippen molar-refractivity contribution in [2.24, 2.45) is 0 Å². The smallest absolute Gasteiger partial charge is 0.255 e. The van der Waals surface area contributed by atoms with E-state index in [1.54, 1.807) is 18.2 Å². The van der Waals surface area contributed by atoms with E-state index >= 15 is 0 Å². The highest BCUT2D eigenvalue weighted by Gasteiger charge is 2.27. The van der Waals surface area contributed by atoms with Crippen LogP contribution in [0.2, 0.25) is 0 Å². The van der Waals surface area contributed by atoms with E-state index in [1.807, 2.05) is 30.3 Å². The first-order valence-corrected chi connectivity index (χ1v) is 8.69. The van der Waals surface area contributed by atoms with Crippen LogP contribution in [0.5, 0.6) is 5.75 Å². The number of para-hydroxylation sites is 1. The number of aliphatic hydroxyl groups is 1. The Bertz CT molecular complexity index is 785. The largest absolute Gasteiger partial charge is 0.496 e. The molecular weight excluding hydrogens is 330 g/mol. The SMILES string of the molecule is C=CC(O)C(=O)N1CCC(c2nccc(-c3ccccc3OC)n2)CC1. The zero-order valence-electron chi connectivity index (χ0n) is 14.8. The summed E-state index contributed by atoms with van der Waals surface area (Å²) >= 11 is 0. The molecule has 1 aliphatic heterocycles. The third kappa shape index (κ3) is 3.75. The van der Waals surface area contributed by atoms with Gasteiger partial charge in [0.1, 0.15) is 11.6 Å². The predicted molar refractivity (Wildman–Crippen MR) is 98.8 cm³/mol. The van der Waals surface area contributed by atoms with E-state index in [9.17, 15) is 9.90 Å². The molecule has 0 spiro atoms. The predicted octanol–water partition coefficient (Wildman–Crippen LogP) is 2.41. The number of aliphatic hydroxyl groups excluding tert-OH is 1. The maximum atomic E-state index is 12.0. The van der Waals surface area contributed by atoms with Crippen molar-refractivity contribution < 1.29 is 14.6 Å². The molecule has 1 fully saturated rings. The number of hydrogen-bond acceptors (Lipinski definition) is 5. The molecule has 0 bridgehead atoms. The summed E-state index contributed by atoms with van der Waals surface area (Å²) in [5.41, 5.74) is 1.76. The second-order valence-electron chi connectivity index (χ2n) is 6.28. The number of piperidine rings is 1. The van der Waals surface area contributed by atoms with Gasteiger partial charge in [-0.25, -0.2) is 9.97 Å². The molecule has 1 saturated heterocycles. The van der Waals surface area contributed by atoms with Crippen LogP contribution in [0.1, 0.15) is 24.6 Å². The molecule has 1 N–H and O–H groups in total. The van der Waals surface area contributed by atoms with Crippen molar-refractivity contribution in [3.8, 4) is 17.0 Å². The Morgan fingerprint density at radius 3 is 2.77 bits per heavy atom. The Morgan fingerprint density at radius 2 is 2.08 bits per heavy atom. The van der Waals surface area contributed by atoms with Crippen LogP contribution in [0.25, 0.3) is 11.3 Å². The fraction of sp³-hybridized carbons (Fsp3) is 0.350. The van der Waals surface area contributed by atoms with Crippen LogP contribution in [0, 0.1) is 0 Å². The second-order valence-corrected chi connectivity index (χ2v) is 6.28. The Kier molecular flexibility index (Phi) is 5.63. The molecule has 2 aromatic rings. The van der Waals surface area contributed by atoms with Crippen LogP contribution in [-0.4, -0.2) is 52.2 Å². The molecule has 136 valence electrons. The lowest BCUT2D eigenvalue weighted by Crippen LogP contribution is -2.43. The van der Waals surface area contributed by atoms with Gasteiger partial charge < -0.3 is 14.7 Å². The summed E-state index contributed by atoms with van der Waals surface area (Å²) in [7, 11) is 1.64. The quantitative estimate of drug-likeness (QED) is 0.836. The van der Waals surface area contributed by atoms with E-state index in [-0.39, 0.29) is 11.8 Å². The van der Waals surface area contributed by atoms with E-state index in [2.05, 4.69) is 11.6 Å². The monoisotopic (exact) mass is 353 g/mol. The highest BCUT2D eigenvalue weighted by atomic mass is 16.5. The minimum Gasteiger partial charge on any atom is -0.496 e. The van der Waals surface area contributed by atoms with Gasteiger partial charge in [-0.1, -0.05) is 24.8 Å². The summed E-state index contributed by atoms with van der Waals surface area (Å²) in [5.74, 6) is 1.46. The number of carbonyl (C=O) groups excluding carboxylic acids is 1. The molecule has 0 aliphatic carbocycles. The number of amides is 1. The van der Waals surface area contributed by atoms with Gasteiger partial charge in [0.15, 0.2) is 6.10 Å². The number of carbonyl (C=O) groups is 1. The van der Waals surface area contributed by atoms with E-state index in [1.165, 1.54) is 6.08 Å². The average molecular weight is 353 g/mol. The van der Waals surface area contributed by atoms with Crippen LogP contribution in [0.4, 0.5) is 0 Å². The number of likely N-dealkylation sites (tertiary alicyclic amines) is 1. The first-order valence-electron chi connectivity index (χ1n) is 8.69. The fourth-order valence-electron chi connectivity index (χ4n) is 3.22. The Hall–Kier alpha value is -2.73. The standard InChI is InChI=1S/C20H23N3O3/c1-3-17(24)20(25)23-12-9-14(10-13-23)19-21-11-8-16(22-19)15-6-4-5-7-18(15)26-2/h3-8,11,14,17,24H,1,9-10,12-13H2,2H3. The lowest BCUT2D eigenvalue weighted by Gasteiger charge is -2.32. The second kappa shape index (κ2) is 8.10. The summed E-state index contributed by atoms with van der Waals surface area (Å²) in [6.45, 7) is 4.62. The van der Waals surface area contributed by atoms with Gasteiger partial charge in [-0.2, -0.15) is 0 Å². The zero-order valence-corrected chi connectivity index (χ0v) is 14.8. The molecule has 2 heterocycles. The number of benzene rings is 1. The highest BCUT2D eigenvalue weighted by Crippen LogP contribution is 2.31. The van der Waals surface area contributed by atoms with Crippen molar-refractivity contribution in [3.05, 3.63) is 55.0 Å². The molecule has 1 aromatic carbocycles. The number of rotatable bonds is 5. The van der Waals surface area contributed by atoms with Crippen molar-refractivity contribution in [2.45, 2.75) is 24.9 Å². The molecule has 1 amide bonds. The van der Waals surface area contributed by atoms with Crippen LogP contribution < -0.4 is 4.74 Å². The van der Waals surface area contributed by atoms with Crippen molar-refractivity contribution >= 4 is 5.91 Å². The summed E-state index contributed by atoms with van der Waals surface area (Å²) in [6.07, 6.45) is 3.43. The molecule has 1 aromatic heterocycles. The van der Waals surface area contributed by atoms with E-state index in [0.29, 0.717) is 13.1 Å². The number of methoxy groups -OCH3 is 1. The van der Waals surface area contributed by atoms with E-state index < -0.39 is 6.10 Å². The topological polar surface area (TPSA) is 75.5 Å². The number of hydrogen-bond donors (Lipinski definition) is 1. The first kappa shape index (κ1) is 18.1. The molecule has 0 radical (unpaired) electrons. The Labute approximate surface area is 153 Å². The third-order valence-corrected chi connectivity index (χ3v) is 4.71. The fourth-order valence-corrected chi connectivity index (χ4v) is 3.22. The highest BCUT2D eigenvalue weighted by molar-refractivity contribution is 5.82. The van der Waals surface area contributed by atoms with Crippen LogP contribution in [0.15, 0.2) is 49.2 Å². The van der Waals surface area contributed by atoms with Gasteiger partial charge in [0.25, 0.3) is 5.91 Å². The van der Waals surface area contributed by atoms with Crippen molar-refractivity contribution in [1.82, 2.24) is 14.9 Å². The van der Waals surface area contributed by atoms with E-state index in [4.69, 9.17) is 9.72 Å². The molecule has 6 heteroatoms. The van der Waals surface area contributed by atoms with E-state index in [0.717, 1.165) is 35.7 Å².